The molecule has 6 nitrogen and oxygen atoms in total. The van der Waals surface area contributed by atoms with Gasteiger partial charge in [-0.05, 0) is 42.8 Å². The number of carbonyl (C=O) groups is 2. The highest BCUT2D eigenvalue weighted by molar-refractivity contribution is 6.31. The van der Waals surface area contributed by atoms with E-state index in [9.17, 15) is 9.59 Å². The Labute approximate surface area is 151 Å². The van der Waals surface area contributed by atoms with E-state index in [4.69, 9.17) is 16.3 Å². The lowest BCUT2D eigenvalue weighted by Crippen LogP contribution is -2.22. The van der Waals surface area contributed by atoms with E-state index in [0.29, 0.717) is 22.1 Å². The Morgan fingerprint density at radius 3 is 2.56 bits per heavy atom. The summed E-state index contributed by atoms with van der Waals surface area (Å²) in [6.45, 7) is 3.36. The molecular formula is C18H20ClN3O3. The fraction of sp³-hybridized carbons (Fsp3) is 0.222. The molecule has 0 aromatic heterocycles. The Morgan fingerprint density at radius 1 is 1.12 bits per heavy atom. The van der Waals surface area contributed by atoms with E-state index in [2.05, 4.69) is 16.0 Å². The summed E-state index contributed by atoms with van der Waals surface area (Å²) in [5.74, 6) is 0.0552. The lowest BCUT2D eigenvalue weighted by atomic mass is 10.2. The monoisotopic (exact) mass is 361 g/mol. The van der Waals surface area contributed by atoms with Crippen molar-refractivity contribution in [1.82, 2.24) is 0 Å². The molecule has 7 heteroatoms. The Bertz CT molecular complexity index is 793. The number of rotatable bonds is 6. The van der Waals surface area contributed by atoms with Crippen LogP contribution in [0.5, 0.6) is 5.75 Å². The average molecular weight is 362 g/mol. The van der Waals surface area contributed by atoms with E-state index < -0.39 is 0 Å². The summed E-state index contributed by atoms with van der Waals surface area (Å²) >= 11 is 6.07. The minimum atomic E-state index is -0.252. The molecule has 0 saturated carbocycles. The summed E-state index contributed by atoms with van der Waals surface area (Å²) in [5, 5.41) is 9.12. The SMILES string of the molecule is COc1ccc(NC(C)=O)cc1NC(=O)CNc1cccc(Cl)c1C. The molecular weight excluding hydrogens is 342 g/mol. The molecule has 132 valence electrons. The molecule has 0 spiro atoms. The molecule has 0 fully saturated rings. The first kappa shape index (κ1) is 18.6. The minimum Gasteiger partial charge on any atom is -0.495 e. The second-order valence-corrected chi connectivity index (χ2v) is 5.82. The van der Waals surface area contributed by atoms with Crippen molar-refractivity contribution in [3.05, 3.63) is 47.0 Å². The Hall–Kier alpha value is -2.73. The molecule has 0 atom stereocenters. The number of methoxy groups -OCH3 is 1. The van der Waals surface area contributed by atoms with Crippen molar-refractivity contribution < 1.29 is 14.3 Å². The molecule has 3 N–H and O–H groups in total. The third-order valence-corrected chi connectivity index (χ3v) is 3.91. The van der Waals surface area contributed by atoms with Gasteiger partial charge >= 0.3 is 0 Å². The van der Waals surface area contributed by atoms with Gasteiger partial charge < -0.3 is 20.7 Å². The normalized spacial score (nSPS) is 10.1. The quantitative estimate of drug-likeness (QED) is 0.733. The molecule has 0 aliphatic carbocycles. The predicted molar refractivity (Wildman–Crippen MR) is 101 cm³/mol. The molecule has 0 aliphatic heterocycles. The zero-order valence-electron chi connectivity index (χ0n) is 14.3. The van der Waals surface area contributed by atoms with Crippen LogP contribution in [0.3, 0.4) is 0 Å². The van der Waals surface area contributed by atoms with Crippen molar-refractivity contribution in [3.8, 4) is 5.75 Å². The lowest BCUT2D eigenvalue weighted by molar-refractivity contribution is -0.115. The highest BCUT2D eigenvalue weighted by atomic mass is 35.5. The van der Waals surface area contributed by atoms with Crippen molar-refractivity contribution >= 4 is 40.5 Å². The number of amides is 2. The van der Waals surface area contributed by atoms with Gasteiger partial charge in [-0.2, -0.15) is 0 Å². The van der Waals surface area contributed by atoms with Crippen molar-refractivity contribution in [2.75, 3.05) is 29.6 Å². The summed E-state index contributed by atoms with van der Waals surface area (Å²) in [4.78, 5) is 23.4. The first-order chi connectivity index (χ1) is 11.9. The van der Waals surface area contributed by atoms with E-state index in [1.807, 2.05) is 19.1 Å². The van der Waals surface area contributed by atoms with Crippen LogP contribution in [-0.2, 0) is 9.59 Å². The fourth-order valence-electron chi connectivity index (χ4n) is 2.26. The molecule has 2 aromatic carbocycles. The van der Waals surface area contributed by atoms with Gasteiger partial charge in [0.2, 0.25) is 11.8 Å². The zero-order valence-corrected chi connectivity index (χ0v) is 15.0. The number of nitrogens with one attached hydrogen (secondary N) is 3. The average Bonchev–Trinajstić information content (AvgIpc) is 2.56. The van der Waals surface area contributed by atoms with E-state index in [1.165, 1.54) is 14.0 Å². The number of hydrogen-bond donors (Lipinski definition) is 3. The molecule has 0 aliphatic rings. The van der Waals surface area contributed by atoms with E-state index in [-0.39, 0.29) is 18.4 Å². The molecule has 2 amide bonds. The van der Waals surface area contributed by atoms with Gasteiger partial charge in [0.25, 0.3) is 0 Å². The molecule has 0 heterocycles. The van der Waals surface area contributed by atoms with Gasteiger partial charge in [0.1, 0.15) is 5.75 Å². The predicted octanol–water partition coefficient (Wildman–Crippen LogP) is 3.67. The molecule has 2 aromatic rings. The van der Waals surface area contributed by atoms with E-state index in [0.717, 1.165) is 11.3 Å². The number of anilines is 3. The van der Waals surface area contributed by atoms with Crippen molar-refractivity contribution in [1.29, 1.82) is 0 Å². The second kappa shape index (κ2) is 8.39. The third-order valence-electron chi connectivity index (χ3n) is 3.50. The Kier molecular flexibility index (Phi) is 6.25. The van der Waals surface area contributed by atoms with Crippen LogP contribution in [0.25, 0.3) is 0 Å². The molecule has 25 heavy (non-hydrogen) atoms. The topological polar surface area (TPSA) is 79.5 Å². The van der Waals surface area contributed by atoms with Crippen LogP contribution in [0, 0.1) is 6.92 Å². The van der Waals surface area contributed by atoms with Gasteiger partial charge in [0.15, 0.2) is 0 Å². The van der Waals surface area contributed by atoms with Crippen LogP contribution < -0.4 is 20.7 Å². The maximum Gasteiger partial charge on any atom is 0.243 e. The minimum absolute atomic E-state index is 0.0642. The molecule has 0 radical (unpaired) electrons. The van der Waals surface area contributed by atoms with Crippen LogP contribution in [0.4, 0.5) is 17.1 Å². The van der Waals surface area contributed by atoms with Gasteiger partial charge in [0, 0.05) is 23.3 Å². The molecule has 2 rings (SSSR count). The Morgan fingerprint density at radius 2 is 1.88 bits per heavy atom. The highest BCUT2D eigenvalue weighted by Gasteiger charge is 2.10. The maximum absolute atomic E-state index is 12.2. The van der Waals surface area contributed by atoms with Crippen molar-refractivity contribution in [2.45, 2.75) is 13.8 Å². The summed E-state index contributed by atoms with van der Waals surface area (Å²) in [7, 11) is 1.51. The van der Waals surface area contributed by atoms with Crippen LogP contribution in [0.15, 0.2) is 36.4 Å². The summed E-state index contributed by atoms with van der Waals surface area (Å²) in [6.07, 6.45) is 0. The number of carbonyl (C=O) groups excluding carboxylic acids is 2. The van der Waals surface area contributed by atoms with Gasteiger partial charge in [-0.15, -0.1) is 0 Å². The van der Waals surface area contributed by atoms with Crippen molar-refractivity contribution in [3.63, 3.8) is 0 Å². The number of benzene rings is 2. The Balaban J connectivity index is 2.06. The fourth-order valence-corrected chi connectivity index (χ4v) is 2.43. The summed E-state index contributed by atoms with van der Waals surface area (Å²) < 4.78 is 5.24. The van der Waals surface area contributed by atoms with Crippen LogP contribution in [0.2, 0.25) is 5.02 Å². The second-order valence-electron chi connectivity index (χ2n) is 5.41. The summed E-state index contributed by atoms with van der Waals surface area (Å²) in [6, 6.07) is 10.5. The number of ether oxygens (including phenoxy) is 1. The highest BCUT2D eigenvalue weighted by Crippen LogP contribution is 2.28. The molecule has 0 unspecified atom stereocenters. The third kappa shape index (κ3) is 5.12. The molecule has 0 saturated heterocycles. The van der Waals surface area contributed by atoms with Gasteiger partial charge in [-0.25, -0.2) is 0 Å². The molecule has 0 bridgehead atoms. The van der Waals surface area contributed by atoms with Crippen LogP contribution >= 0.6 is 11.6 Å². The summed E-state index contributed by atoms with van der Waals surface area (Å²) in [5.41, 5.74) is 2.72. The standard InChI is InChI=1S/C18H20ClN3O3/c1-11-14(19)5-4-6-15(11)20-10-18(24)22-16-9-13(21-12(2)23)7-8-17(16)25-3/h4-9,20H,10H2,1-3H3,(H,21,23)(H,22,24). The first-order valence-electron chi connectivity index (χ1n) is 7.65. The first-order valence-corrected chi connectivity index (χ1v) is 8.03. The van der Waals surface area contributed by atoms with Gasteiger partial charge in [0.05, 0.1) is 19.3 Å². The number of halogens is 1. The van der Waals surface area contributed by atoms with Gasteiger partial charge in [-0.3, -0.25) is 9.59 Å². The van der Waals surface area contributed by atoms with Gasteiger partial charge in [-0.1, -0.05) is 17.7 Å². The maximum atomic E-state index is 12.2. The zero-order chi connectivity index (χ0) is 18.4. The lowest BCUT2D eigenvalue weighted by Gasteiger charge is -2.14. The number of hydrogen-bond acceptors (Lipinski definition) is 4. The van der Waals surface area contributed by atoms with Crippen LogP contribution in [0.1, 0.15) is 12.5 Å². The van der Waals surface area contributed by atoms with Crippen LogP contribution in [-0.4, -0.2) is 25.5 Å². The smallest absolute Gasteiger partial charge is 0.243 e. The van der Waals surface area contributed by atoms with Crippen molar-refractivity contribution in [2.24, 2.45) is 0 Å². The largest absolute Gasteiger partial charge is 0.495 e. The van der Waals surface area contributed by atoms with E-state index in [1.54, 1.807) is 24.3 Å². The van der Waals surface area contributed by atoms with E-state index >= 15 is 0 Å².